The number of likely N-dealkylation sites (tertiary alicyclic amines) is 1. The topological polar surface area (TPSA) is 41.3 Å². The monoisotopic (exact) mass is 235 g/mol. The predicted molar refractivity (Wildman–Crippen MR) is 65.7 cm³/mol. The lowest BCUT2D eigenvalue weighted by Crippen LogP contribution is -2.21. The average molecular weight is 235 g/mol. The summed E-state index contributed by atoms with van der Waals surface area (Å²) in [5.74, 6) is 1.80. The van der Waals surface area contributed by atoms with Gasteiger partial charge in [0.15, 0.2) is 0 Å². The first-order valence-corrected chi connectivity index (χ1v) is 6.65. The summed E-state index contributed by atoms with van der Waals surface area (Å²) in [6, 6.07) is 0. The Morgan fingerprint density at radius 1 is 1.47 bits per heavy atom. The van der Waals surface area contributed by atoms with E-state index in [1.807, 2.05) is 6.20 Å². The average Bonchev–Trinajstić information content (AvgIpc) is 2.88. The molecular weight excluding hydrogens is 214 g/mol. The summed E-state index contributed by atoms with van der Waals surface area (Å²) in [7, 11) is 2.18. The van der Waals surface area contributed by atoms with Crippen molar-refractivity contribution in [3.05, 3.63) is 17.7 Å². The Labute approximate surface area is 102 Å². The molecule has 1 saturated heterocycles. The molecule has 3 heterocycles. The molecule has 2 atom stereocenters. The van der Waals surface area contributed by atoms with Gasteiger partial charge < -0.3 is 14.6 Å². The minimum absolute atomic E-state index is 0.338. The van der Waals surface area contributed by atoms with Gasteiger partial charge in [0.1, 0.15) is 12.1 Å². The molecule has 0 radical (unpaired) electrons. The minimum Gasteiger partial charge on any atom is -0.373 e. The Balaban J connectivity index is 1.77. The molecule has 1 N–H and O–H groups in total. The van der Waals surface area contributed by atoms with Crippen LogP contribution in [0.2, 0.25) is 0 Å². The largest absolute Gasteiger partial charge is 0.373 e. The number of rotatable bonds is 2. The van der Waals surface area contributed by atoms with Crippen LogP contribution < -0.4 is 0 Å². The maximum atomic E-state index is 10.1. The number of imidazole rings is 1. The van der Waals surface area contributed by atoms with E-state index < -0.39 is 0 Å². The van der Waals surface area contributed by atoms with Crippen molar-refractivity contribution >= 4 is 0 Å². The Hall–Kier alpha value is -0.870. The van der Waals surface area contributed by atoms with Gasteiger partial charge >= 0.3 is 0 Å². The van der Waals surface area contributed by atoms with Gasteiger partial charge in [-0.3, -0.25) is 0 Å². The molecule has 2 aliphatic heterocycles. The van der Waals surface area contributed by atoms with Gasteiger partial charge in [-0.1, -0.05) is 0 Å². The van der Waals surface area contributed by atoms with E-state index in [2.05, 4.69) is 21.5 Å². The Kier molecular flexibility index (Phi) is 2.92. The van der Waals surface area contributed by atoms with Gasteiger partial charge in [0.2, 0.25) is 0 Å². The molecule has 4 heteroatoms. The van der Waals surface area contributed by atoms with Crippen molar-refractivity contribution in [3.63, 3.8) is 0 Å². The van der Waals surface area contributed by atoms with Crippen molar-refractivity contribution in [2.24, 2.45) is 5.92 Å². The molecule has 1 aromatic heterocycles. The van der Waals surface area contributed by atoms with Crippen LogP contribution in [-0.2, 0) is 12.8 Å². The second kappa shape index (κ2) is 4.42. The van der Waals surface area contributed by atoms with Crippen LogP contribution >= 0.6 is 0 Å². The fourth-order valence-electron chi connectivity index (χ4n) is 3.18. The molecule has 2 unspecified atom stereocenters. The molecule has 0 saturated carbocycles. The van der Waals surface area contributed by atoms with Crippen LogP contribution in [0, 0.1) is 5.92 Å². The summed E-state index contributed by atoms with van der Waals surface area (Å²) >= 11 is 0. The quantitative estimate of drug-likeness (QED) is 0.837. The van der Waals surface area contributed by atoms with Crippen molar-refractivity contribution in [3.8, 4) is 0 Å². The zero-order valence-corrected chi connectivity index (χ0v) is 10.5. The van der Waals surface area contributed by atoms with Gasteiger partial charge in [-0.05, 0) is 45.2 Å². The second-order valence-electron chi connectivity index (χ2n) is 5.53. The lowest BCUT2D eigenvalue weighted by molar-refractivity contribution is 0.0752. The van der Waals surface area contributed by atoms with E-state index in [0.29, 0.717) is 5.92 Å². The molecule has 4 nitrogen and oxygen atoms in total. The zero-order valence-electron chi connectivity index (χ0n) is 10.5. The number of aromatic nitrogens is 2. The number of aryl methyl sites for hydroxylation is 1. The van der Waals surface area contributed by atoms with Gasteiger partial charge in [0.05, 0.1) is 0 Å². The fraction of sp³-hybridized carbons (Fsp3) is 0.769. The van der Waals surface area contributed by atoms with Gasteiger partial charge in [-0.15, -0.1) is 0 Å². The smallest absolute Gasteiger partial charge is 0.132 e. The van der Waals surface area contributed by atoms with E-state index in [4.69, 9.17) is 0 Å². The van der Waals surface area contributed by atoms with Crippen LogP contribution in [0.5, 0.6) is 0 Å². The fourth-order valence-corrected chi connectivity index (χ4v) is 3.18. The Morgan fingerprint density at radius 3 is 3.12 bits per heavy atom. The molecule has 0 spiro atoms. The lowest BCUT2D eigenvalue weighted by Gasteiger charge is -2.23. The van der Waals surface area contributed by atoms with Crippen molar-refractivity contribution < 1.29 is 5.11 Å². The normalized spacial score (nSPS) is 29.5. The zero-order chi connectivity index (χ0) is 11.8. The van der Waals surface area contributed by atoms with Crippen molar-refractivity contribution in [1.29, 1.82) is 0 Å². The van der Waals surface area contributed by atoms with E-state index >= 15 is 0 Å². The molecule has 0 bridgehead atoms. The SMILES string of the molecule is CN1CCC(Cc2ncc3n2C(O)CCC3)C1. The molecule has 1 aromatic rings. The third kappa shape index (κ3) is 2.11. The van der Waals surface area contributed by atoms with Crippen LogP contribution in [-0.4, -0.2) is 39.7 Å². The van der Waals surface area contributed by atoms with Gasteiger partial charge in [-0.25, -0.2) is 4.98 Å². The summed E-state index contributed by atoms with van der Waals surface area (Å²) in [5, 5.41) is 10.1. The van der Waals surface area contributed by atoms with Gasteiger partial charge in [-0.2, -0.15) is 0 Å². The van der Waals surface area contributed by atoms with E-state index in [9.17, 15) is 5.11 Å². The highest BCUT2D eigenvalue weighted by molar-refractivity contribution is 5.10. The van der Waals surface area contributed by atoms with Gasteiger partial charge in [0, 0.05) is 24.9 Å². The molecule has 0 aliphatic carbocycles. The maximum absolute atomic E-state index is 10.1. The molecule has 94 valence electrons. The van der Waals surface area contributed by atoms with E-state index in [1.165, 1.54) is 18.7 Å². The first-order chi connectivity index (χ1) is 8.24. The van der Waals surface area contributed by atoms with Crippen LogP contribution in [0.25, 0.3) is 0 Å². The molecule has 2 aliphatic rings. The van der Waals surface area contributed by atoms with E-state index in [-0.39, 0.29) is 6.23 Å². The molecule has 0 aromatic carbocycles. The van der Waals surface area contributed by atoms with Crippen molar-refractivity contribution in [2.45, 2.75) is 38.3 Å². The predicted octanol–water partition coefficient (Wildman–Crippen LogP) is 1.20. The highest BCUT2D eigenvalue weighted by atomic mass is 16.3. The number of hydrogen-bond acceptors (Lipinski definition) is 3. The second-order valence-corrected chi connectivity index (χ2v) is 5.53. The number of nitrogens with zero attached hydrogens (tertiary/aromatic N) is 3. The van der Waals surface area contributed by atoms with Crippen LogP contribution in [0.3, 0.4) is 0 Å². The van der Waals surface area contributed by atoms with Crippen molar-refractivity contribution in [2.75, 3.05) is 20.1 Å². The minimum atomic E-state index is -0.338. The Bertz CT molecular complexity index is 401. The standard InChI is InChI=1S/C13H21N3O/c1-15-6-5-10(9-15)7-12-14-8-11-3-2-4-13(17)16(11)12/h8,10,13,17H,2-7,9H2,1H3. The maximum Gasteiger partial charge on any atom is 0.132 e. The lowest BCUT2D eigenvalue weighted by atomic mass is 10.0. The van der Waals surface area contributed by atoms with E-state index in [1.54, 1.807) is 0 Å². The third-order valence-electron chi connectivity index (χ3n) is 4.10. The molecule has 17 heavy (non-hydrogen) atoms. The number of hydrogen-bond donors (Lipinski definition) is 1. The summed E-state index contributed by atoms with van der Waals surface area (Å²) in [5.41, 5.74) is 1.21. The molecule has 3 rings (SSSR count). The molecular formula is C13H21N3O. The summed E-state index contributed by atoms with van der Waals surface area (Å²) in [6.07, 6.45) is 6.91. The van der Waals surface area contributed by atoms with Crippen LogP contribution in [0.4, 0.5) is 0 Å². The molecule has 1 fully saturated rings. The number of aliphatic hydroxyl groups excluding tert-OH is 1. The number of aliphatic hydroxyl groups is 1. The summed E-state index contributed by atoms with van der Waals surface area (Å²) in [4.78, 5) is 6.90. The Morgan fingerprint density at radius 2 is 2.35 bits per heavy atom. The van der Waals surface area contributed by atoms with Crippen molar-refractivity contribution in [1.82, 2.24) is 14.5 Å². The number of fused-ring (bicyclic) bond motifs is 1. The first kappa shape index (κ1) is 11.2. The van der Waals surface area contributed by atoms with Gasteiger partial charge in [0.25, 0.3) is 0 Å². The molecule has 0 amide bonds. The first-order valence-electron chi connectivity index (χ1n) is 6.65. The highest BCUT2D eigenvalue weighted by Gasteiger charge is 2.25. The van der Waals surface area contributed by atoms with E-state index in [0.717, 1.165) is 38.1 Å². The van der Waals surface area contributed by atoms with Crippen LogP contribution in [0.1, 0.15) is 37.0 Å². The summed E-state index contributed by atoms with van der Waals surface area (Å²) < 4.78 is 2.07. The summed E-state index contributed by atoms with van der Waals surface area (Å²) in [6.45, 7) is 2.36. The third-order valence-corrected chi connectivity index (χ3v) is 4.10. The van der Waals surface area contributed by atoms with Crippen LogP contribution in [0.15, 0.2) is 6.20 Å². The highest BCUT2D eigenvalue weighted by Crippen LogP contribution is 2.27.